The van der Waals surface area contributed by atoms with Gasteiger partial charge in [0, 0.05) is 23.3 Å². The highest BCUT2D eigenvalue weighted by Gasteiger charge is 2.18. The Morgan fingerprint density at radius 2 is 2.08 bits per heavy atom. The summed E-state index contributed by atoms with van der Waals surface area (Å²) in [6, 6.07) is 13.1. The van der Waals surface area contributed by atoms with Crippen LogP contribution in [0.1, 0.15) is 16.2 Å². The smallest absolute Gasteiger partial charge is 0.269 e. The normalized spacial score (nSPS) is 11.2. The molecule has 0 saturated carbocycles. The zero-order valence-electron chi connectivity index (χ0n) is 13.0. The van der Waals surface area contributed by atoms with Crippen molar-refractivity contribution < 1.29 is 14.3 Å². The summed E-state index contributed by atoms with van der Waals surface area (Å²) in [5.41, 5.74) is 2.61. The minimum atomic E-state index is -0.266. The molecular formula is C18H15N3O3. The van der Waals surface area contributed by atoms with E-state index < -0.39 is 0 Å². The van der Waals surface area contributed by atoms with Gasteiger partial charge in [0.15, 0.2) is 5.76 Å². The number of hydrogen-bond acceptors (Lipinski definition) is 4. The van der Waals surface area contributed by atoms with Gasteiger partial charge in [0.25, 0.3) is 5.91 Å². The van der Waals surface area contributed by atoms with Crippen molar-refractivity contribution in [3.05, 3.63) is 53.9 Å². The summed E-state index contributed by atoms with van der Waals surface area (Å²) in [6.07, 6.45) is 0. The summed E-state index contributed by atoms with van der Waals surface area (Å²) in [5, 5.41) is 13.7. The Bertz CT molecular complexity index is 1060. The summed E-state index contributed by atoms with van der Waals surface area (Å²) in [4.78, 5) is 19.9. The number of furan rings is 1. The number of H-pyrrole nitrogens is 1. The standard InChI is InChI=1S/C18H15N3O3/c1-19-18(23)14-8-12-11-4-2-3-5-13(11)20-16(12)17(21-14)15-7-6-10(9-22)24-15/h2-8,20,22H,9H2,1H3,(H,19,23). The quantitative estimate of drug-likeness (QED) is 0.541. The number of fused-ring (bicyclic) bond motifs is 3. The fourth-order valence-electron chi connectivity index (χ4n) is 2.86. The minimum Gasteiger partial charge on any atom is -0.457 e. The van der Waals surface area contributed by atoms with E-state index in [0.717, 1.165) is 21.8 Å². The van der Waals surface area contributed by atoms with E-state index in [1.807, 2.05) is 24.3 Å². The molecule has 0 radical (unpaired) electrons. The van der Waals surface area contributed by atoms with Crippen LogP contribution in [0.2, 0.25) is 0 Å². The van der Waals surface area contributed by atoms with Crippen LogP contribution >= 0.6 is 0 Å². The van der Waals surface area contributed by atoms with E-state index in [-0.39, 0.29) is 12.5 Å². The molecule has 4 aromatic rings. The SMILES string of the molecule is CNC(=O)c1cc2c([nH]c3ccccc32)c(-c2ccc(CO)o2)n1. The van der Waals surface area contributed by atoms with Crippen LogP contribution in [0.3, 0.4) is 0 Å². The number of carbonyl (C=O) groups excluding carboxylic acids is 1. The highest BCUT2D eigenvalue weighted by molar-refractivity contribution is 6.12. The summed E-state index contributed by atoms with van der Waals surface area (Å²) in [6.45, 7) is -0.190. The molecule has 0 bridgehead atoms. The number of pyridine rings is 1. The van der Waals surface area contributed by atoms with Crippen molar-refractivity contribution in [1.82, 2.24) is 15.3 Å². The second-order valence-electron chi connectivity index (χ2n) is 5.45. The molecular weight excluding hydrogens is 306 g/mol. The van der Waals surface area contributed by atoms with Crippen molar-refractivity contribution in [3.8, 4) is 11.5 Å². The van der Waals surface area contributed by atoms with Crippen LogP contribution in [-0.4, -0.2) is 28.0 Å². The first-order valence-electron chi connectivity index (χ1n) is 7.54. The van der Waals surface area contributed by atoms with Crippen LogP contribution < -0.4 is 5.32 Å². The minimum absolute atomic E-state index is 0.190. The highest BCUT2D eigenvalue weighted by Crippen LogP contribution is 2.33. The number of aromatic amines is 1. The van der Waals surface area contributed by atoms with Crippen LogP contribution in [0.15, 0.2) is 46.9 Å². The molecule has 120 valence electrons. The van der Waals surface area contributed by atoms with Gasteiger partial charge in [0.2, 0.25) is 0 Å². The zero-order valence-corrected chi connectivity index (χ0v) is 13.0. The molecule has 0 saturated heterocycles. The van der Waals surface area contributed by atoms with Gasteiger partial charge in [-0.25, -0.2) is 4.98 Å². The molecule has 6 nitrogen and oxygen atoms in total. The van der Waals surface area contributed by atoms with Crippen molar-refractivity contribution >= 4 is 27.7 Å². The number of nitrogens with one attached hydrogen (secondary N) is 2. The largest absolute Gasteiger partial charge is 0.457 e. The second-order valence-corrected chi connectivity index (χ2v) is 5.45. The molecule has 0 unspecified atom stereocenters. The van der Waals surface area contributed by atoms with Crippen molar-refractivity contribution in [2.24, 2.45) is 0 Å². The Morgan fingerprint density at radius 1 is 1.25 bits per heavy atom. The Morgan fingerprint density at radius 3 is 2.83 bits per heavy atom. The lowest BCUT2D eigenvalue weighted by Gasteiger charge is -2.04. The Balaban J connectivity index is 2.07. The Hall–Kier alpha value is -3.12. The maximum Gasteiger partial charge on any atom is 0.269 e. The molecule has 24 heavy (non-hydrogen) atoms. The van der Waals surface area contributed by atoms with Gasteiger partial charge >= 0.3 is 0 Å². The fourth-order valence-corrected chi connectivity index (χ4v) is 2.86. The van der Waals surface area contributed by atoms with Gasteiger partial charge in [0.05, 0.1) is 5.52 Å². The fraction of sp³-hybridized carbons (Fsp3) is 0.111. The third kappa shape index (κ3) is 2.16. The van der Waals surface area contributed by atoms with Gasteiger partial charge in [-0.05, 0) is 24.3 Å². The molecule has 0 aliphatic rings. The number of carbonyl (C=O) groups is 1. The maximum absolute atomic E-state index is 12.1. The zero-order chi connectivity index (χ0) is 16.7. The lowest BCUT2D eigenvalue weighted by atomic mass is 10.1. The third-order valence-corrected chi connectivity index (χ3v) is 4.01. The highest BCUT2D eigenvalue weighted by atomic mass is 16.4. The van der Waals surface area contributed by atoms with Crippen LogP contribution in [0.4, 0.5) is 0 Å². The molecule has 4 rings (SSSR count). The number of aromatic nitrogens is 2. The molecule has 3 aromatic heterocycles. The van der Waals surface area contributed by atoms with Gasteiger partial charge in [-0.1, -0.05) is 18.2 Å². The number of benzene rings is 1. The lowest BCUT2D eigenvalue weighted by Crippen LogP contribution is -2.19. The van der Waals surface area contributed by atoms with Gasteiger partial charge in [-0.15, -0.1) is 0 Å². The van der Waals surface area contributed by atoms with E-state index in [9.17, 15) is 9.90 Å². The van der Waals surface area contributed by atoms with Crippen molar-refractivity contribution in [3.63, 3.8) is 0 Å². The van der Waals surface area contributed by atoms with E-state index in [1.165, 1.54) is 0 Å². The maximum atomic E-state index is 12.1. The predicted octanol–water partition coefficient (Wildman–Crippen LogP) is 2.83. The molecule has 0 fully saturated rings. The molecule has 6 heteroatoms. The molecule has 0 aliphatic carbocycles. The van der Waals surface area contributed by atoms with Crippen LogP contribution in [-0.2, 0) is 6.61 Å². The third-order valence-electron chi connectivity index (χ3n) is 4.01. The topological polar surface area (TPSA) is 91.2 Å². The van der Waals surface area contributed by atoms with Crippen molar-refractivity contribution in [2.45, 2.75) is 6.61 Å². The number of para-hydroxylation sites is 1. The van der Waals surface area contributed by atoms with E-state index in [4.69, 9.17) is 4.42 Å². The summed E-state index contributed by atoms with van der Waals surface area (Å²) in [7, 11) is 1.57. The molecule has 3 N–H and O–H groups in total. The van der Waals surface area contributed by atoms with Crippen molar-refractivity contribution in [2.75, 3.05) is 7.05 Å². The van der Waals surface area contributed by atoms with Gasteiger partial charge < -0.3 is 19.8 Å². The van der Waals surface area contributed by atoms with Crippen molar-refractivity contribution in [1.29, 1.82) is 0 Å². The molecule has 3 heterocycles. The lowest BCUT2D eigenvalue weighted by molar-refractivity contribution is 0.0958. The van der Waals surface area contributed by atoms with Crippen LogP contribution in [0, 0.1) is 0 Å². The summed E-state index contributed by atoms with van der Waals surface area (Å²) < 4.78 is 5.63. The average molecular weight is 321 g/mol. The number of aliphatic hydroxyl groups is 1. The molecule has 0 atom stereocenters. The summed E-state index contributed by atoms with van der Waals surface area (Å²) in [5.74, 6) is 0.681. The molecule has 0 spiro atoms. The first-order valence-corrected chi connectivity index (χ1v) is 7.54. The van der Waals surface area contributed by atoms with E-state index in [2.05, 4.69) is 15.3 Å². The molecule has 1 amide bonds. The monoisotopic (exact) mass is 321 g/mol. The average Bonchev–Trinajstić information content (AvgIpc) is 3.24. The Kier molecular flexibility index (Phi) is 3.32. The first kappa shape index (κ1) is 14.5. The number of rotatable bonds is 3. The Labute approximate surface area is 137 Å². The number of nitrogens with zero attached hydrogens (tertiary/aromatic N) is 1. The first-order chi connectivity index (χ1) is 11.7. The number of aliphatic hydroxyl groups excluding tert-OH is 1. The van der Waals surface area contributed by atoms with Gasteiger partial charge in [0.1, 0.15) is 23.8 Å². The molecule has 1 aromatic carbocycles. The second kappa shape index (κ2) is 5.50. The van der Waals surface area contributed by atoms with Gasteiger partial charge in [-0.3, -0.25) is 4.79 Å². The predicted molar refractivity (Wildman–Crippen MR) is 90.6 cm³/mol. The number of hydrogen-bond donors (Lipinski definition) is 3. The van der Waals surface area contributed by atoms with Crippen LogP contribution in [0.25, 0.3) is 33.3 Å². The van der Waals surface area contributed by atoms with E-state index in [1.54, 1.807) is 25.2 Å². The van der Waals surface area contributed by atoms with Crippen LogP contribution in [0.5, 0.6) is 0 Å². The van der Waals surface area contributed by atoms with Gasteiger partial charge in [-0.2, -0.15) is 0 Å². The van der Waals surface area contributed by atoms with E-state index >= 15 is 0 Å². The van der Waals surface area contributed by atoms with E-state index in [0.29, 0.717) is 22.9 Å². The summed E-state index contributed by atoms with van der Waals surface area (Å²) >= 11 is 0. The molecule has 0 aliphatic heterocycles. The number of amides is 1.